The van der Waals surface area contributed by atoms with Crippen molar-refractivity contribution >= 4 is 62.4 Å². The summed E-state index contributed by atoms with van der Waals surface area (Å²) in [6.07, 6.45) is 3.58. The molecule has 35 heavy (non-hydrogen) atoms. The number of carbonyl (C=O) groups is 3. The Labute approximate surface area is 211 Å². The first-order chi connectivity index (χ1) is 17.0. The summed E-state index contributed by atoms with van der Waals surface area (Å²) in [4.78, 5) is 44.4. The number of thioether (sulfide) groups is 1. The van der Waals surface area contributed by atoms with Crippen molar-refractivity contribution in [3.05, 3.63) is 36.4 Å². The van der Waals surface area contributed by atoms with Crippen LogP contribution in [0.3, 0.4) is 0 Å². The summed E-state index contributed by atoms with van der Waals surface area (Å²) >= 11 is 2.77. The fourth-order valence-corrected chi connectivity index (χ4v) is 6.64. The molecule has 5 rings (SSSR count). The zero-order valence-corrected chi connectivity index (χ0v) is 21.0. The quantitative estimate of drug-likeness (QED) is 0.362. The number of fused-ring (bicyclic) bond motifs is 2. The Morgan fingerprint density at radius 3 is 2.51 bits per heavy atom. The molecule has 1 saturated heterocycles. The summed E-state index contributed by atoms with van der Waals surface area (Å²) in [6, 6.07) is 10.7. The van der Waals surface area contributed by atoms with E-state index in [2.05, 4.69) is 10.3 Å². The van der Waals surface area contributed by atoms with Crippen molar-refractivity contribution in [1.82, 2.24) is 4.98 Å². The van der Waals surface area contributed by atoms with Gasteiger partial charge in [0.25, 0.3) is 0 Å². The number of aromatic nitrogens is 1. The van der Waals surface area contributed by atoms with Gasteiger partial charge in [-0.2, -0.15) is 0 Å². The van der Waals surface area contributed by atoms with Crippen LogP contribution in [-0.4, -0.2) is 42.7 Å². The summed E-state index contributed by atoms with van der Waals surface area (Å²) in [7, 11) is 3.10. The van der Waals surface area contributed by atoms with E-state index in [9.17, 15) is 14.4 Å². The lowest BCUT2D eigenvalue weighted by molar-refractivity contribution is -0.122. The van der Waals surface area contributed by atoms with Crippen LogP contribution in [0.25, 0.3) is 10.2 Å². The van der Waals surface area contributed by atoms with Gasteiger partial charge in [-0.25, -0.2) is 4.98 Å². The number of benzene rings is 2. The number of hydrogen-bond donors (Lipinski definition) is 1. The molecule has 8 nitrogen and oxygen atoms in total. The van der Waals surface area contributed by atoms with Gasteiger partial charge >= 0.3 is 0 Å². The van der Waals surface area contributed by atoms with Crippen LogP contribution in [0.2, 0.25) is 0 Å². The SMILES string of the molecule is COc1ccc(OC)c(NC(=O)CSc2nc3ccc(N4C(=O)[C@@H]5CCCC[C@H]5C4=O)cc3s2)c1. The number of amides is 3. The van der Waals surface area contributed by atoms with Crippen LogP contribution in [0, 0.1) is 11.8 Å². The number of rotatable bonds is 7. The minimum Gasteiger partial charge on any atom is -0.497 e. The molecule has 0 radical (unpaired) electrons. The van der Waals surface area contributed by atoms with Crippen LogP contribution >= 0.6 is 23.1 Å². The highest BCUT2D eigenvalue weighted by Crippen LogP contribution is 2.41. The van der Waals surface area contributed by atoms with E-state index >= 15 is 0 Å². The largest absolute Gasteiger partial charge is 0.497 e. The van der Waals surface area contributed by atoms with Crippen molar-refractivity contribution in [3.63, 3.8) is 0 Å². The van der Waals surface area contributed by atoms with E-state index in [0.717, 1.165) is 40.2 Å². The van der Waals surface area contributed by atoms with Gasteiger partial charge in [0, 0.05) is 6.07 Å². The predicted molar refractivity (Wildman–Crippen MR) is 136 cm³/mol. The van der Waals surface area contributed by atoms with Crippen LogP contribution < -0.4 is 19.7 Å². The Hall–Kier alpha value is -3.11. The first kappa shape index (κ1) is 23.6. The molecule has 0 spiro atoms. The second kappa shape index (κ2) is 9.87. The first-order valence-corrected chi connectivity index (χ1v) is 13.2. The Balaban J connectivity index is 1.27. The summed E-state index contributed by atoms with van der Waals surface area (Å²) in [5, 5.41) is 2.85. The molecule has 3 amide bonds. The smallest absolute Gasteiger partial charge is 0.237 e. The average molecular weight is 512 g/mol. The third-order valence-corrected chi connectivity index (χ3v) is 8.62. The Bertz CT molecular complexity index is 1280. The average Bonchev–Trinajstić information content (AvgIpc) is 3.40. The van der Waals surface area contributed by atoms with Gasteiger partial charge in [0.2, 0.25) is 17.7 Å². The molecule has 2 fully saturated rings. The zero-order chi connectivity index (χ0) is 24.5. The molecule has 1 aromatic heterocycles. The molecule has 2 aromatic carbocycles. The standard InChI is InChI=1S/C25H25N3O5S2/c1-32-15-8-10-20(33-2)19(12-15)26-22(29)13-34-25-27-18-9-7-14(11-21(18)35-25)28-23(30)16-5-3-4-6-17(16)24(28)31/h7-12,16-17H,3-6,13H2,1-2H3,(H,26,29)/t16-,17-/m1/s1. The lowest BCUT2D eigenvalue weighted by Gasteiger charge is -2.19. The third kappa shape index (κ3) is 4.60. The van der Waals surface area contributed by atoms with Gasteiger partial charge in [-0.15, -0.1) is 11.3 Å². The summed E-state index contributed by atoms with van der Waals surface area (Å²) in [5.41, 5.74) is 1.91. The van der Waals surface area contributed by atoms with Crippen LogP contribution in [0.1, 0.15) is 25.7 Å². The number of nitrogens with one attached hydrogen (secondary N) is 1. The lowest BCUT2D eigenvalue weighted by atomic mass is 9.81. The number of imide groups is 1. The van der Waals surface area contributed by atoms with E-state index in [1.807, 2.05) is 12.1 Å². The van der Waals surface area contributed by atoms with Crippen molar-refractivity contribution in [2.45, 2.75) is 30.0 Å². The Morgan fingerprint density at radius 1 is 1.09 bits per heavy atom. The Kier molecular flexibility index (Phi) is 6.66. The lowest BCUT2D eigenvalue weighted by Crippen LogP contribution is -2.30. The minimum absolute atomic E-state index is 0.0807. The molecule has 1 aliphatic heterocycles. The molecule has 3 aromatic rings. The topological polar surface area (TPSA) is 97.8 Å². The highest BCUT2D eigenvalue weighted by Gasteiger charge is 2.48. The van der Waals surface area contributed by atoms with E-state index in [1.165, 1.54) is 28.0 Å². The molecular formula is C25H25N3O5S2. The molecule has 2 atom stereocenters. The van der Waals surface area contributed by atoms with Gasteiger partial charge in [-0.05, 0) is 43.2 Å². The van der Waals surface area contributed by atoms with Crippen LogP contribution in [0.15, 0.2) is 40.7 Å². The molecule has 182 valence electrons. The second-order valence-corrected chi connectivity index (χ2v) is 10.8. The van der Waals surface area contributed by atoms with Crippen LogP contribution in [0.5, 0.6) is 11.5 Å². The third-order valence-electron chi connectivity index (χ3n) is 6.46. The summed E-state index contributed by atoms with van der Waals surface area (Å²) in [5.74, 6) is 0.609. The van der Waals surface area contributed by atoms with Crippen molar-refractivity contribution in [1.29, 1.82) is 0 Å². The molecule has 2 aliphatic rings. The van der Waals surface area contributed by atoms with Gasteiger partial charge in [0.1, 0.15) is 11.5 Å². The molecule has 0 bridgehead atoms. The number of methoxy groups -OCH3 is 2. The highest BCUT2D eigenvalue weighted by molar-refractivity contribution is 8.01. The number of hydrogen-bond acceptors (Lipinski definition) is 8. The fraction of sp³-hybridized carbons (Fsp3) is 0.360. The van der Waals surface area contributed by atoms with Crippen molar-refractivity contribution < 1.29 is 23.9 Å². The number of thiazole rings is 1. The van der Waals surface area contributed by atoms with Gasteiger partial charge < -0.3 is 14.8 Å². The van der Waals surface area contributed by atoms with E-state index in [4.69, 9.17) is 9.47 Å². The summed E-state index contributed by atoms with van der Waals surface area (Å²) in [6.45, 7) is 0. The van der Waals surface area contributed by atoms with E-state index in [0.29, 0.717) is 22.9 Å². The van der Waals surface area contributed by atoms with E-state index in [-0.39, 0.29) is 35.3 Å². The van der Waals surface area contributed by atoms with Gasteiger partial charge in [0.05, 0.1) is 53.4 Å². The van der Waals surface area contributed by atoms with Crippen molar-refractivity contribution in [2.75, 3.05) is 30.2 Å². The highest BCUT2D eigenvalue weighted by atomic mass is 32.2. The zero-order valence-electron chi connectivity index (χ0n) is 19.4. The molecule has 1 saturated carbocycles. The van der Waals surface area contributed by atoms with Crippen LogP contribution in [0.4, 0.5) is 11.4 Å². The monoisotopic (exact) mass is 511 g/mol. The maximum atomic E-state index is 12.9. The minimum atomic E-state index is -0.197. The maximum Gasteiger partial charge on any atom is 0.237 e. The molecule has 1 aliphatic carbocycles. The molecule has 10 heteroatoms. The number of carbonyl (C=O) groups excluding carboxylic acids is 3. The predicted octanol–water partition coefficient (Wildman–Crippen LogP) is 4.72. The van der Waals surface area contributed by atoms with E-state index in [1.54, 1.807) is 38.5 Å². The maximum absolute atomic E-state index is 12.9. The van der Waals surface area contributed by atoms with Crippen LogP contribution in [-0.2, 0) is 14.4 Å². The van der Waals surface area contributed by atoms with Gasteiger partial charge in [-0.3, -0.25) is 19.3 Å². The summed E-state index contributed by atoms with van der Waals surface area (Å²) < 4.78 is 12.1. The molecule has 1 N–H and O–H groups in total. The first-order valence-electron chi connectivity index (χ1n) is 11.4. The molecular weight excluding hydrogens is 486 g/mol. The fourth-order valence-electron chi connectivity index (χ4n) is 4.74. The van der Waals surface area contributed by atoms with Crippen molar-refractivity contribution in [3.8, 4) is 11.5 Å². The van der Waals surface area contributed by atoms with Gasteiger partial charge in [-0.1, -0.05) is 24.6 Å². The number of anilines is 2. The molecule has 0 unspecified atom stereocenters. The normalized spacial score (nSPS) is 19.7. The van der Waals surface area contributed by atoms with Gasteiger partial charge in [0.15, 0.2) is 4.34 Å². The number of ether oxygens (including phenoxy) is 2. The Morgan fingerprint density at radius 2 is 1.83 bits per heavy atom. The van der Waals surface area contributed by atoms with E-state index < -0.39 is 0 Å². The molecule has 2 heterocycles. The second-order valence-electron chi connectivity index (χ2n) is 8.54. The van der Waals surface area contributed by atoms with Crippen molar-refractivity contribution in [2.24, 2.45) is 11.8 Å². The number of nitrogens with zero attached hydrogens (tertiary/aromatic N) is 2.